The van der Waals surface area contributed by atoms with E-state index in [1.807, 2.05) is 55.1 Å². The number of aryl methyl sites for hydroxylation is 2. The maximum absolute atomic E-state index is 13.0. The SMILES string of the molecule is Cc1cc(C)n(-c2ccc(C(=O)N3c4ccccc4CC3C)cn2)n1. The number of hydrogen-bond donors (Lipinski definition) is 0. The van der Waals surface area contributed by atoms with Crippen molar-refractivity contribution in [2.24, 2.45) is 0 Å². The summed E-state index contributed by atoms with van der Waals surface area (Å²) in [6.07, 6.45) is 2.53. The number of aromatic nitrogens is 3. The smallest absolute Gasteiger partial charge is 0.260 e. The Kier molecular flexibility index (Phi) is 3.64. The van der Waals surface area contributed by atoms with Gasteiger partial charge >= 0.3 is 0 Å². The first-order chi connectivity index (χ1) is 12.0. The number of nitrogens with zero attached hydrogens (tertiary/aromatic N) is 4. The van der Waals surface area contributed by atoms with Gasteiger partial charge in [-0.05, 0) is 57.0 Å². The fourth-order valence-electron chi connectivity index (χ4n) is 3.51. The summed E-state index contributed by atoms with van der Waals surface area (Å²) in [4.78, 5) is 19.3. The van der Waals surface area contributed by atoms with Gasteiger partial charge in [-0.3, -0.25) is 4.79 Å². The average Bonchev–Trinajstić information content (AvgIpc) is 3.12. The van der Waals surface area contributed by atoms with E-state index in [-0.39, 0.29) is 11.9 Å². The Bertz CT molecular complexity index is 943. The molecule has 1 aromatic carbocycles. The Labute approximate surface area is 146 Å². The normalized spacial score (nSPS) is 16.1. The molecular formula is C20H20N4O. The summed E-state index contributed by atoms with van der Waals surface area (Å²) in [5.74, 6) is 0.710. The van der Waals surface area contributed by atoms with Crippen LogP contribution in [0.15, 0.2) is 48.7 Å². The molecule has 1 atom stereocenters. The molecule has 0 saturated heterocycles. The second-order valence-electron chi connectivity index (χ2n) is 6.60. The van der Waals surface area contributed by atoms with Crippen LogP contribution in [0.25, 0.3) is 5.82 Å². The zero-order valence-electron chi connectivity index (χ0n) is 14.6. The van der Waals surface area contributed by atoms with Gasteiger partial charge < -0.3 is 4.90 Å². The van der Waals surface area contributed by atoms with Gasteiger partial charge in [-0.1, -0.05) is 18.2 Å². The molecule has 5 nitrogen and oxygen atoms in total. The van der Waals surface area contributed by atoms with Gasteiger partial charge in [-0.25, -0.2) is 9.67 Å². The Hall–Kier alpha value is -2.95. The second-order valence-corrected chi connectivity index (χ2v) is 6.60. The number of amides is 1. The summed E-state index contributed by atoms with van der Waals surface area (Å²) in [7, 11) is 0. The van der Waals surface area contributed by atoms with Crippen LogP contribution in [-0.4, -0.2) is 26.7 Å². The lowest BCUT2D eigenvalue weighted by Crippen LogP contribution is -2.35. The number of carbonyl (C=O) groups excluding carboxylic acids is 1. The summed E-state index contributed by atoms with van der Waals surface area (Å²) < 4.78 is 1.79. The third kappa shape index (κ3) is 2.61. The zero-order chi connectivity index (χ0) is 17.6. The van der Waals surface area contributed by atoms with Crippen LogP contribution in [0, 0.1) is 13.8 Å². The Morgan fingerprint density at radius 3 is 2.64 bits per heavy atom. The molecule has 0 saturated carbocycles. The number of para-hydroxylation sites is 1. The van der Waals surface area contributed by atoms with E-state index in [0.717, 1.165) is 29.3 Å². The van der Waals surface area contributed by atoms with E-state index in [9.17, 15) is 4.79 Å². The standard InChI is InChI=1S/C20H20N4O/c1-13-10-15(3)24(22-13)19-9-8-17(12-21-19)20(25)23-14(2)11-16-6-4-5-7-18(16)23/h4-10,12,14H,11H2,1-3H3. The number of pyridine rings is 1. The van der Waals surface area contributed by atoms with E-state index in [1.54, 1.807) is 10.9 Å². The molecule has 0 bridgehead atoms. The third-order valence-corrected chi connectivity index (χ3v) is 4.65. The van der Waals surface area contributed by atoms with Crippen LogP contribution >= 0.6 is 0 Å². The number of rotatable bonds is 2. The lowest BCUT2D eigenvalue weighted by atomic mass is 10.1. The van der Waals surface area contributed by atoms with Crippen LogP contribution in [0.1, 0.15) is 34.2 Å². The predicted molar refractivity (Wildman–Crippen MR) is 97.3 cm³/mol. The second kappa shape index (κ2) is 5.84. The lowest BCUT2D eigenvalue weighted by Gasteiger charge is -2.22. The number of hydrogen-bond acceptors (Lipinski definition) is 3. The van der Waals surface area contributed by atoms with Crippen molar-refractivity contribution in [3.8, 4) is 5.82 Å². The van der Waals surface area contributed by atoms with Crippen molar-refractivity contribution in [3.63, 3.8) is 0 Å². The van der Waals surface area contributed by atoms with Gasteiger partial charge in [0.1, 0.15) is 0 Å². The Morgan fingerprint density at radius 1 is 1.16 bits per heavy atom. The summed E-state index contributed by atoms with van der Waals surface area (Å²) in [6.45, 7) is 6.02. The predicted octanol–water partition coefficient (Wildman–Crippen LogP) is 3.48. The van der Waals surface area contributed by atoms with Gasteiger partial charge in [0.2, 0.25) is 0 Å². The highest BCUT2D eigenvalue weighted by Crippen LogP contribution is 2.33. The lowest BCUT2D eigenvalue weighted by molar-refractivity contribution is 0.0981. The van der Waals surface area contributed by atoms with E-state index in [2.05, 4.69) is 23.1 Å². The van der Waals surface area contributed by atoms with Gasteiger partial charge in [0, 0.05) is 23.6 Å². The fraction of sp³-hybridized carbons (Fsp3) is 0.250. The molecule has 0 radical (unpaired) electrons. The maximum atomic E-state index is 13.0. The first-order valence-corrected chi connectivity index (χ1v) is 8.46. The largest absolute Gasteiger partial charge is 0.305 e. The molecule has 0 N–H and O–H groups in total. The molecule has 2 aromatic heterocycles. The molecule has 3 aromatic rings. The van der Waals surface area contributed by atoms with Crippen molar-refractivity contribution in [2.75, 3.05) is 4.90 Å². The molecule has 0 aliphatic carbocycles. The van der Waals surface area contributed by atoms with Crippen LogP contribution in [-0.2, 0) is 6.42 Å². The Balaban J connectivity index is 1.64. The van der Waals surface area contributed by atoms with Gasteiger partial charge in [0.15, 0.2) is 5.82 Å². The van der Waals surface area contributed by atoms with Crippen LogP contribution < -0.4 is 4.90 Å². The first-order valence-electron chi connectivity index (χ1n) is 8.46. The molecule has 0 spiro atoms. The summed E-state index contributed by atoms with van der Waals surface area (Å²) in [5.41, 5.74) is 4.78. The van der Waals surface area contributed by atoms with Gasteiger partial charge in [0.25, 0.3) is 5.91 Å². The molecule has 1 unspecified atom stereocenters. The average molecular weight is 332 g/mol. The minimum Gasteiger partial charge on any atom is -0.305 e. The number of carbonyl (C=O) groups is 1. The summed E-state index contributed by atoms with van der Waals surface area (Å²) in [6, 6.07) is 13.9. The third-order valence-electron chi connectivity index (χ3n) is 4.65. The molecule has 1 aliphatic heterocycles. The van der Waals surface area contributed by atoms with Crippen molar-refractivity contribution in [3.05, 3.63) is 71.2 Å². The minimum atomic E-state index is -0.00938. The summed E-state index contributed by atoms with van der Waals surface area (Å²) in [5, 5.41) is 4.43. The van der Waals surface area contributed by atoms with Crippen LogP contribution in [0.4, 0.5) is 5.69 Å². The van der Waals surface area contributed by atoms with E-state index < -0.39 is 0 Å². The monoisotopic (exact) mass is 332 g/mol. The van der Waals surface area contributed by atoms with E-state index >= 15 is 0 Å². The molecule has 0 fully saturated rings. The maximum Gasteiger partial charge on any atom is 0.260 e. The van der Waals surface area contributed by atoms with E-state index in [0.29, 0.717) is 5.56 Å². The fourth-order valence-corrected chi connectivity index (χ4v) is 3.51. The topological polar surface area (TPSA) is 51.0 Å². The highest BCUT2D eigenvalue weighted by Gasteiger charge is 2.31. The zero-order valence-corrected chi connectivity index (χ0v) is 14.6. The molecular weight excluding hydrogens is 312 g/mol. The molecule has 5 heteroatoms. The van der Waals surface area contributed by atoms with Crippen LogP contribution in [0.3, 0.4) is 0 Å². The highest BCUT2D eigenvalue weighted by atomic mass is 16.2. The molecule has 1 aliphatic rings. The van der Waals surface area contributed by atoms with E-state index in [4.69, 9.17) is 0 Å². The highest BCUT2D eigenvalue weighted by molar-refractivity contribution is 6.07. The molecule has 4 rings (SSSR count). The number of anilines is 1. The van der Waals surface area contributed by atoms with Crippen LogP contribution in [0.5, 0.6) is 0 Å². The van der Waals surface area contributed by atoms with Crippen molar-refractivity contribution in [2.45, 2.75) is 33.2 Å². The number of fused-ring (bicyclic) bond motifs is 1. The molecule has 1 amide bonds. The van der Waals surface area contributed by atoms with Crippen molar-refractivity contribution >= 4 is 11.6 Å². The molecule has 25 heavy (non-hydrogen) atoms. The summed E-state index contributed by atoms with van der Waals surface area (Å²) >= 11 is 0. The van der Waals surface area contributed by atoms with Crippen molar-refractivity contribution < 1.29 is 4.79 Å². The van der Waals surface area contributed by atoms with E-state index in [1.165, 1.54) is 5.56 Å². The number of benzene rings is 1. The first kappa shape index (κ1) is 15.6. The molecule has 126 valence electrons. The molecule has 3 heterocycles. The van der Waals surface area contributed by atoms with Gasteiger partial charge in [-0.2, -0.15) is 5.10 Å². The quantitative estimate of drug-likeness (QED) is 0.722. The Morgan fingerprint density at radius 2 is 1.96 bits per heavy atom. The van der Waals surface area contributed by atoms with Gasteiger partial charge in [-0.15, -0.1) is 0 Å². The van der Waals surface area contributed by atoms with Crippen molar-refractivity contribution in [1.29, 1.82) is 0 Å². The van der Waals surface area contributed by atoms with Gasteiger partial charge in [0.05, 0.1) is 11.3 Å². The van der Waals surface area contributed by atoms with Crippen LogP contribution in [0.2, 0.25) is 0 Å². The minimum absolute atomic E-state index is 0.00938. The van der Waals surface area contributed by atoms with Crippen molar-refractivity contribution in [1.82, 2.24) is 14.8 Å².